The van der Waals surface area contributed by atoms with E-state index in [1.807, 2.05) is 6.20 Å². The van der Waals surface area contributed by atoms with Crippen LogP contribution in [0.25, 0.3) is 0 Å². The van der Waals surface area contributed by atoms with E-state index in [1.54, 1.807) is 0 Å². The van der Waals surface area contributed by atoms with E-state index in [-0.39, 0.29) is 0 Å². The summed E-state index contributed by atoms with van der Waals surface area (Å²) in [5.74, 6) is 1.74. The van der Waals surface area contributed by atoms with E-state index >= 15 is 0 Å². The molecule has 3 nitrogen and oxygen atoms in total. The van der Waals surface area contributed by atoms with Gasteiger partial charge in [-0.1, -0.05) is 33.3 Å². The maximum Gasteiger partial charge on any atom is 0.130 e. The Bertz CT molecular complexity index is 403. The molecule has 0 amide bonds. The van der Waals surface area contributed by atoms with Gasteiger partial charge in [-0.05, 0) is 44.3 Å². The number of nitrogens with one attached hydrogen (secondary N) is 1. The zero-order valence-corrected chi connectivity index (χ0v) is 13.2. The van der Waals surface area contributed by atoms with Crippen LogP contribution in [0.5, 0.6) is 0 Å². The first-order chi connectivity index (χ1) is 9.72. The van der Waals surface area contributed by atoms with Crippen molar-refractivity contribution >= 4 is 5.82 Å². The first-order valence-corrected chi connectivity index (χ1v) is 8.15. The zero-order chi connectivity index (χ0) is 14.4. The smallest absolute Gasteiger partial charge is 0.130 e. The summed E-state index contributed by atoms with van der Waals surface area (Å²) in [7, 11) is 0. The molecule has 1 aliphatic heterocycles. The van der Waals surface area contributed by atoms with Crippen molar-refractivity contribution in [3.8, 4) is 0 Å². The van der Waals surface area contributed by atoms with Crippen molar-refractivity contribution in [1.82, 2.24) is 9.88 Å². The molecule has 1 aromatic heterocycles. The van der Waals surface area contributed by atoms with Crippen LogP contribution in [-0.2, 0) is 0 Å². The van der Waals surface area contributed by atoms with E-state index in [1.165, 1.54) is 44.3 Å². The highest BCUT2D eigenvalue weighted by Crippen LogP contribution is 2.35. The Morgan fingerprint density at radius 3 is 3.05 bits per heavy atom. The average Bonchev–Trinajstić information content (AvgIpc) is 2.91. The topological polar surface area (TPSA) is 28.2 Å². The molecule has 2 heterocycles. The van der Waals surface area contributed by atoms with Crippen LogP contribution >= 0.6 is 0 Å². The van der Waals surface area contributed by atoms with Crippen LogP contribution in [0.15, 0.2) is 18.3 Å². The summed E-state index contributed by atoms with van der Waals surface area (Å²) >= 11 is 0. The van der Waals surface area contributed by atoms with Gasteiger partial charge in [0.15, 0.2) is 0 Å². The van der Waals surface area contributed by atoms with E-state index in [9.17, 15) is 0 Å². The lowest BCUT2D eigenvalue weighted by atomic mass is 10.0. The molecular weight excluding hydrogens is 246 g/mol. The first kappa shape index (κ1) is 15.3. The number of anilines is 1. The first-order valence-electron chi connectivity index (χ1n) is 8.15. The van der Waals surface area contributed by atoms with Crippen molar-refractivity contribution in [3.05, 3.63) is 23.9 Å². The van der Waals surface area contributed by atoms with Crippen molar-refractivity contribution in [3.63, 3.8) is 0 Å². The van der Waals surface area contributed by atoms with Crippen molar-refractivity contribution < 1.29 is 0 Å². The zero-order valence-electron chi connectivity index (χ0n) is 13.2. The molecule has 0 unspecified atom stereocenters. The van der Waals surface area contributed by atoms with Gasteiger partial charge < -0.3 is 5.32 Å². The molecule has 1 saturated heterocycles. The monoisotopic (exact) mass is 275 g/mol. The molecule has 1 aliphatic rings. The Morgan fingerprint density at radius 2 is 2.30 bits per heavy atom. The SMILES string of the molecule is CCCCN1CCC[C@@H]1c1cccnc1NCC(C)C. The largest absolute Gasteiger partial charge is 0.370 e. The maximum absolute atomic E-state index is 4.57. The van der Waals surface area contributed by atoms with Crippen molar-refractivity contribution in [2.24, 2.45) is 5.92 Å². The number of rotatable bonds is 7. The van der Waals surface area contributed by atoms with Gasteiger partial charge in [0.1, 0.15) is 5.82 Å². The predicted octanol–water partition coefficient (Wildman–Crippen LogP) is 4.09. The summed E-state index contributed by atoms with van der Waals surface area (Å²) in [6.07, 6.45) is 7.05. The summed E-state index contributed by atoms with van der Waals surface area (Å²) in [4.78, 5) is 7.21. The number of likely N-dealkylation sites (tertiary alicyclic amines) is 1. The number of hydrogen-bond acceptors (Lipinski definition) is 3. The summed E-state index contributed by atoms with van der Waals surface area (Å²) in [6, 6.07) is 4.89. The molecular formula is C17H29N3. The second kappa shape index (κ2) is 7.63. The van der Waals surface area contributed by atoms with Gasteiger partial charge in [0.2, 0.25) is 0 Å². The van der Waals surface area contributed by atoms with Crippen LogP contribution in [0.2, 0.25) is 0 Å². The lowest BCUT2D eigenvalue weighted by Gasteiger charge is -2.26. The van der Waals surface area contributed by atoms with E-state index in [2.05, 4.69) is 48.1 Å². The highest BCUT2D eigenvalue weighted by molar-refractivity contribution is 5.46. The molecule has 1 fully saturated rings. The molecule has 1 N–H and O–H groups in total. The Balaban J connectivity index is 2.10. The Kier molecular flexibility index (Phi) is 5.84. The molecule has 1 aromatic rings. The number of nitrogens with zero attached hydrogens (tertiary/aromatic N) is 2. The predicted molar refractivity (Wildman–Crippen MR) is 86.0 cm³/mol. The number of pyridine rings is 1. The van der Waals surface area contributed by atoms with Gasteiger partial charge in [-0.2, -0.15) is 0 Å². The third kappa shape index (κ3) is 3.95. The van der Waals surface area contributed by atoms with Crippen molar-refractivity contribution in [2.45, 2.75) is 52.5 Å². The fourth-order valence-electron chi connectivity index (χ4n) is 2.94. The molecule has 0 bridgehead atoms. The molecule has 0 radical (unpaired) electrons. The highest BCUT2D eigenvalue weighted by Gasteiger charge is 2.27. The van der Waals surface area contributed by atoms with Gasteiger partial charge in [0.25, 0.3) is 0 Å². The van der Waals surface area contributed by atoms with E-state index in [0.717, 1.165) is 12.4 Å². The molecule has 20 heavy (non-hydrogen) atoms. The number of aromatic nitrogens is 1. The maximum atomic E-state index is 4.57. The third-order valence-corrected chi connectivity index (χ3v) is 4.04. The summed E-state index contributed by atoms with van der Waals surface area (Å²) in [5, 5.41) is 3.53. The van der Waals surface area contributed by atoms with Gasteiger partial charge in [-0.3, -0.25) is 4.90 Å². The summed E-state index contributed by atoms with van der Waals surface area (Å²) in [5.41, 5.74) is 1.39. The fourth-order valence-corrected chi connectivity index (χ4v) is 2.94. The lowest BCUT2D eigenvalue weighted by molar-refractivity contribution is 0.253. The molecule has 2 rings (SSSR count). The Hall–Kier alpha value is -1.09. The van der Waals surface area contributed by atoms with Gasteiger partial charge in [-0.25, -0.2) is 4.98 Å². The van der Waals surface area contributed by atoms with Crippen LogP contribution in [0, 0.1) is 5.92 Å². The minimum atomic E-state index is 0.560. The lowest BCUT2D eigenvalue weighted by Crippen LogP contribution is -2.25. The Labute approximate surface area is 123 Å². The second-order valence-electron chi connectivity index (χ2n) is 6.26. The van der Waals surface area contributed by atoms with Gasteiger partial charge >= 0.3 is 0 Å². The molecule has 0 aromatic carbocycles. The van der Waals surface area contributed by atoms with Crippen LogP contribution in [0.4, 0.5) is 5.82 Å². The minimum Gasteiger partial charge on any atom is -0.370 e. The van der Waals surface area contributed by atoms with Crippen LogP contribution in [0.1, 0.15) is 58.1 Å². The van der Waals surface area contributed by atoms with Gasteiger partial charge in [0.05, 0.1) is 0 Å². The number of unbranched alkanes of at least 4 members (excludes halogenated alkanes) is 1. The third-order valence-electron chi connectivity index (χ3n) is 4.04. The van der Waals surface area contributed by atoms with E-state index in [0.29, 0.717) is 12.0 Å². The molecule has 1 atom stereocenters. The average molecular weight is 275 g/mol. The van der Waals surface area contributed by atoms with Crippen molar-refractivity contribution in [2.75, 3.05) is 25.0 Å². The van der Waals surface area contributed by atoms with Crippen LogP contribution in [0.3, 0.4) is 0 Å². The van der Waals surface area contributed by atoms with Crippen LogP contribution < -0.4 is 5.32 Å². The fraction of sp³-hybridized carbons (Fsp3) is 0.706. The van der Waals surface area contributed by atoms with Gasteiger partial charge in [0, 0.05) is 24.3 Å². The minimum absolute atomic E-state index is 0.560. The second-order valence-corrected chi connectivity index (χ2v) is 6.26. The van der Waals surface area contributed by atoms with Gasteiger partial charge in [-0.15, -0.1) is 0 Å². The highest BCUT2D eigenvalue weighted by atomic mass is 15.2. The van der Waals surface area contributed by atoms with Crippen molar-refractivity contribution in [1.29, 1.82) is 0 Å². The molecule has 0 saturated carbocycles. The van der Waals surface area contributed by atoms with E-state index < -0.39 is 0 Å². The number of hydrogen-bond donors (Lipinski definition) is 1. The van der Waals surface area contributed by atoms with E-state index in [4.69, 9.17) is 0 Å². The normalized spacial score (nSPS) is 19.7. The molecule has 0 spiro atoms. The molecule has 3 heteroatoms. The Morgan fingerprint density at radius 1 is 1.45 bits per heavy atom. The summed E-state index contributed by atoms with van der Waals surface area (Å²) < 4.78 is 0. The standard InChI is InChI=1S/C17H29N3/c1-4-5-11-20-12-7-9-16(20)15-8-6-10-18-17(15)19-13-14(2)3/h6,8,10,14,16H,4-5,7,9,11-13H2,1-3H3,(H,18,19)/t16-/m1/s1. The van der Waals surface area contributed by atoms with Crippen LogP contribution in [-0.4, -0.2) is 29.5 Å². The molecule has 0 aliphatic carbocycles. The quantitative estimate of drug-likeness (QED) is 0.812. The summed E-state index contributed by atoms with van der Waals surface area (Å²) in [6.45, 7) is 10.2. The molecule has 112 valence electrons.